The second-order valence-electron chi connectivity index (χ2n) is 8.38. The summed E-state index contributed by atoms with van der Waals surface area (Å²) in [5.41, 5.74) is 12.6. The highest BCUT2D eigenvalue weighted by Crippen LogP contribution is 2.14. The second-order valence-corrected chi connectivity index (χ2v) is 10.4. The monoisotopic (exact) mass is 708 g/mol. The van der Waals surface area contributed by atoms with E-state index >= 15 is 0 Å². The van der Waals surface area contributed by atoms with E-state index in [1.165, 1.54) is 12.1 Å². The van der Waals surface area contributed by atoms with Crippen LogP contribution in [0.5, 0.6) is 0 Å². The molecule has 0 fully saturated rings. The summed E-state index contributed by atoms with van der Waals surface area (Å²) in [6.45, 7) is 0. The molecular weight excluding hydrogens is 684 g/mol. The molecule has 0 aliphatic rings. The van der Waals surface area contributed by atoms with E-state index in [1.807, 2.05) is 0 Å². The van der Waals surface area contributed by atoms with Crippen molar-refractivity contribution in [2.75, 3.05) is 11.5 Å². The number of anilines is 2. The van der Waals surface area contributed by atoms with E-state index in [-0.39, 0.29) is 33.6 Å². The third-order valence-corrected chi connectivity index (χ3v) is 5.53. The van der Waals surface area contributed by atoms with Gasteiger partial charge in [-0.25, -0.2) is 38.7 Å². The smallest absolute Gasteiger partial charge is 0.398 e. The van der Waals surface area contributed by atoms with Gasteiger partial charge in [0.05, 0.1) is 22.3 Å². The number of hydrogen-bond donors (Lipinski definition) is 4. The van der Waals surface area contributed by atoms with Gasteiger partial charge in [-0.05, 0) is 48.5 Å². The van der Waals surface area contributed by atoms with E-state index in [4.69, 9.17) is 20.6 Å². The quantitative estimate of drug-likeness (QED) is 0.0928. The highest BCUT2D eigenvalue weighted by molar-refractivity contribution is 7.83. The summed E-state index contributed by atoms with van der Waals surface area (Å²) < 4.78 is 58.9. The minimum Gasteiger partial charge on any atom is -0.398 e. The van der Waals surface area contributed by atoms with Crippen molar-refractivity contribution in [1.82, 2.24) is 0 Å². The second kappa shape index (κ2) is 18.3. The van der Waals surface area contributed by atoms with Gasteiger partial charge in [-0.2, -0.15) is 16.8 Å². The van der Waals surface area contributed by atoms with E-state index in [0.29, 0.717) is 0 Å². The number of carbonyl (C=O) groups is 4. The molecule has 0 aliphatic carbocycles. The van der Waals surface area contributed by atoms with E-state index in [1.54, 1.807) is 97.1 Å². The van der Waals surface area contributed by atoms with Crippen LogP contribution in [0.2, 0.25) is 0 Å². The molecule has 0 unspecified atom stereocenters. The van der Waals surface area contributed by atoms with Gasteiger partial charge < -0.3 is 11.5 Å². The maximum Gasteiger partial charge on any atom is 0.425 e. The van der Waals surface area contributed by atoms with Crippen molar-refractivity contribution in [2.24, 2.45) is 0 Å². The van der Waals surface area contributed by atoms with Crippen LogP contribution in [0, 0.1) is 0 Å². The van der Waals surface area contributed by atoms with Gasteiger partial charge in [-0.15, -0.1) is 0 Å². The highest BCUT2D eigenvalue weighted by atomic mass is 32.3. The van der Waals surface area contributed by atoms with Gasteiger partial charge in [-0.1, -0.05) is 69.3 Å². The predicted molar refractivity (Wildman–Crippen MR) is 162 cm³/mol. The van der Waals surface area contributed by atoms with E-state index in [9.17, 15) is 36.0 Å². The summed E-state index contributed by atoms with van der Waals surface area (Å²) in [5.74, 6) is -3.13. The van der Waals surface area contributed by atoms with Crippen LogP contribution < -0.4 is 11.5 Å². The van der Waals surface area contributed by atoms with Gasteiger partial charge in [0.25, 0.3) is 0 Å². The first-order valence-corrected chi connectivity index (χ1v) is 15.3. The molecule has 6 N–H and O–H groups in total. The van der Waals surface area contributed by atoms with Crippen LogP contribution in [0.4, 0.5) is 11.4 Å². The minimum absolute atomic E-state index is 0.142. The van der Waals surface area contributed by atoms with Crippen LogP contribution >= 0.6 is 0 Å². The Morgan fingerprint density at radius 3 is 1.00 bits per heavy atom. The number of benzene rings is 4. The van der Waals surface area contributed by atoms with Gasteiger partial charge in [0.1, 0.15) is 0 Å². The molecule has 4 aromatic carbocycles. The zero-order valence-electron chi connectivity index (χ0n) is 24.0. The number of hydrogen-bond acceptors (Lipinski definition) is 16. The van der Waals surface area contributed by atoms with Gasteiger partial charge in [-0.3, -0.25) is 9.11 Å². The molecule has 48 heavy (non-hydrogen) atoms. The summed E-state index contributed by atoms with van der Waals surface area (Å²) in [6, 6.07) is 29.1. The van der Waals surface area contributed by atoms with Crippen LogP contribution in [-0.2, 0) is 49.0 Å². The lowest BCUT2D eigenvalue weighted by atomic mass is 10.2. The lowest BCUT2D eigenvalue weighted by Gasteiger charge is -2.04. The molecule has 0 amide bonds. The Morgan fingerprint density at radius 1 is 0.438 bits per heavy atom. The maximum atomic E-state index is 11.6. The topological polar surface area (TPSA) is 284 Å². The Balaban J connectivity index is 0.000000264. The number of nitrogens with two attached hydrogens (primary N) is 2. The van der Waals surface area contributed by atoms with Gasteiger partial charge in [0.15, 0.2) is 0 Å². The molecule has 0 atom stereocenters. The average Bonchev–Trinajstić information content (AvgIpc) is 3.06. The van der Waals surface area contributed by atoms with Crippen molar-refractivity contribution < 1.29 is 73.3 Å². The summed E-state index contributed by atoms with van der Waals surface area (Å²) in [4.78, 5) is 64.1. The van der Waals surface area contributed by atoms with Crippen molar-refractivity contribution in [3.05, 3.63) is 131 Å². The lowest BCUT2D eigenvalue weighted by molar-refractivity contribution is -0.187. The van der Waals surface area contributed by atoms with E-state index < -0.39 is 44.7 Å². The molecule has 0 aromatic heterocycles. The van der Waals surface area contributed by atoms with E-state index in [0.717, 1.165) is 0 Å². The third kappa shape index (κ3) is 14.5. The molecule has 18 nitrogen and oxygen atoms in total. The zero-order chi connectivity index (χ0) is 35.7. The molecule has 4 rings (SSSR count). The zero-order valence-corrected chi connectivity index (χ0v) is 25.6. The Labute approximate surface area is 272 Å². The summed E-state index contributed by atoms with van der Waals surface area (Å²) >= 11 is 0. The highest BCUT2D eigenvalue weighted by Gasteiger charge is 2.17. The molecule has 254 valence electrons. The first-order chi connectivity index (χ1) is 22.6. The molecule has 0 radical (unpaired) electrons. The van der Waals surface area contributed by atoms with Crippen molar-refractivity contribution in [2.45, 2.75) is 0 Å². The van der Waals surface area contributed by atoms with Crippen LogP contribution in [0.3, 0.4) is 0 Å². The Bertz CT molecular complexity index is 1780. The third-order valence-electron chi connectivity index (χ3n) is 4.97. The van der Waals surface area contributed by atoms with Crippen LogP contribution in [0.1, 0.15) is 41.4 Å². The van der Waals surface area contributed by atoms with Crippen LogP contribution in [0.25, 0.3) is 0 Å². The number of carbonyl (C=O) groups excluding carboxylic acids is 4. The normalized spacial score (nSPS) is 10.5. The molecule has 0 heterocycles. The number of para-hydroxylation sites is 2. The van der Waals surface area contributed by atoms with E-state index in [2.05, 4.69) is 28.2 Å². The molecule has 0 aliphatic heterocycles. The number of rotatable bonds is 7. The molecule has 0 spiro atoms. The summed E-state index contributed by atoms with van der Waals surface area (Å²) in [5, 5.41) is 0. The van der Waals surface area contributed by atoms with Crippen molar-refractivity contribution in [3.8, 4) is 0 Å². The predicted octanol–water partition coefficient (Wildman–Crippen LogP) is 2.94. The summed E-state index contributed by atoms with van der Waals surface area (Å²) in [7, 11) is -10.0. The standard InChI is InChI=1S/2C14H11NO4.H2O8S2/c2*15-12-9-5-4-8-11(12)14(17)19-18-13(16)10-6-2-1-3-7-10;1-9(2,3)7-8-10(4,5)6/h2*1-9H,15H2;(H,1,2,3)(H,4,5,6). The molecule has 20 heteroatoms. The fraction of sp³-hybridized carbons (Fsp3) is 0. The fourth-order valence-corrected chi connectivity index (χ4v) is 3.48. The van der Waals surface area contributed by atoms with Crippen molar-refractivity contribution in [1.29, 1.82) is 0 Å². The lowest BCUT2D eigenvalue weighted by Crippen LogP contribution is -2.13. The van der Waals surface area contributed by atoms with Crippen LogP contribution in [-0.4, -0.2) is 49.8 Å². The first-order valence-electron chi connectivity index (χ1n) is 12.6. The van der Waals surface area contributed by atoms with Crippen LogP contribution in [0.15, 0.2) is 109 Å². The van der Waals surface area contributed by atoms with Crippen molar-refractivity contribution >= 4 is 56.0 Å². The summed E-state index contributed by atoms with van der Waals surface area (Å²) in [6.07, 6.45) is 0. The molecule has 4 aromatic rings. The Hall–Kier alpha value is -5.90. The van der Waals surface area contributed by atoms with Gasteiger partial charge >= 0.3 is 44.7 Å². The fourth-order valence-electron chi connectivity index (χ4n) is 2.92. The first kappa shape index (κ1) is 38.3. The maximum absolute atomic E-state index is 11.6. The van der Waals surface area contributed by atoms with Gasteiger partial charge in [0.2, 0.25) is 0 Å². The van der Waals surface area contributed by atoms with Crippen molar-refractivity contribution in [3.63, 3.8) is 0 Å². The molecular formula is C28H24N2O16S2. The minimum atomic E-state index is -5.02. The number of nitrogen functional groups attached to an aromatic ring is 2. The SMILES string of the molecule is Nc1ccccc1C(=O)OOC(=O)c1ccccc1.Nc1ccccc1C(=O)OOC(=O)c1ccccc1.O=S(=O)(O)OOS(=O)(=O)O. The Morgan fingerprint density at radius 2 is 0.708 bits per heavy atom. The Kier molecular flexibility index (Phi) is 14.6. The molecule has 0 saturated carbocycles. The van der Waals surface area contributed by atoms with Gasteiger partial charge in [0, 0.05) is 11.4 Å². The average molecular weight is 709 g/mol. The molecule has 0 saturated heterocycles. The molecule has 0 bridgehead atoms. The largest absolute Gasteiger partial charge is 0.425 e.